The summed E-state index contributed by atoms with van der Waals surface area (Å²) in [5.74, 6) is -1.45. The van der Waals surface area contributed by atoms with E-state index in [1.165, 1.54) is 36.2 Å². The minimum atomic E-state index is -1.06. The van der Waals surface area contributed by atoms with Crippen LogP contribution in [0.25, 0.3) is 0 Å². The zero-order valence-electron chi connectivity index (χ0n) is 11.6. The summed E-state index contributed by atoms with van der Waals surface area (Å²) in [6.07, 6.45) is 1.96. The van der Waals surface area contributed by atoms with Crippen LogP contribution in [0, 0.1) is 5.82 Å². The van der Waals surface area contributed by atoms with Gasteiger partial charge in [-0.3, -0.25) is 4.90 Å². The number of amides is 2. The van der Waals surface area contributed by atoms with Gasteiger partial charge in [-0.15, -0.1) is 0 Å². The molecule has 1 aromatic rings. The van der Waals surface area contributed by atoms with E-state index in [2.05, 4.69) is 5.32 Å². The number of carbonyl (C=O) groups is 2. The van der Waals surface area contributed by atoms with Crippen molar-refractivity contribution in [2.45, 2.75) is 32.2 Å². The SMILES string of the molecule is CCCCC(NC(=O)N(C)c1ccc(F)cc1)C(=O)O. The van der Waals surface area contributed by atoms with Gasteiger partial charge < -0.3 is 10.4 Å². The van der Waals surface area contributed by atoms with Crippen molar-refractivity contribution in [3.8, 4) is 0 Å². The molecular formula is C14H19FN2O3. The van der Waals surface area contributed by atoms with Crippen molar-refractivity contribution in [2.24, 2.45) is 0 Å². The molecule has 1 unspecified atom stereocenters. The maximum Gasteiger partial charge on any atom is 0.326 e. The lowest BCUT2D eigenvalue weighted by Gasteiger charge is -2.21. The number of carbonyl (C=O) groups excluding carboxylic acids is 1. The van der Waals surface area contributed by atoms with Gasteiger partial charge in [0.2, 0.25) is 0 Å². The molecule has 0 radical (unpaired) electrons. The molecule has 0 spiro atoms. The van der Waals surface area contributed by atoms with Gasteiger partial charge in [-0.1, -0.05) is 19.8 Å². The minimum absolute atomic E-state index is 0.384. The smallest absolute Gasteiger partial charge is 0.326 e. The Hall–Kier alpha value is -2.11. The van der Waals surface area contributed by atoms with E-state index >= 15 is 0 Å². The summed E-state index contributed by atoms with van der Waals surface area (Å²) >= 11 is 0. The molecule has 20 heavy (non-hydrogen) atoms. The lowest BCUT2D eigenvalue weighted by molar-refractivity contribution is -0.139. The number of nitrogens with zero attached hydrogens (tertiary/aromatic N) is 1. The zero-order valence-corrected chi connectivity index (χ0v) is 11.6. The summed E-state index contributed by atoms with van der Waals surface area (Å²) in [6.45, 7) is 1.95. The van der Waals surface area contributed by atoms with Gasteiger partial charge in [-0.05, 0) is 30.7 Å². The molecule has 1 atom stereocenters. The number of aliphatic carboxylic acids is 1. The normalized spacial score (nSPS) is 11.8. The van der Waals surface area contributed by atoms with Crippen molar-refractivity contribution < 1.29 is 19.1 Å². The molecule has 1 rings (SSSR count). The van der Waals surface area contributed by atoms with E-state index in [1.807, 2.05) is 6.92 Å². The van der Waals surface area contributed by atoms with Crippen LogP contribution in [0.15, 0.2) is 24.3 Å². The average molecular weight is 282 g/mol. The third kappa shape index (κ3) is 4.53. The number of unbranched alkanes of at least 4 members (excludes halogenated alkanes) is 1. The molecule has 2 amide bonds. The first kappa shape index (κ1) is 15.9. The van der Waals surface area contributed by atoms with Crippen LogP contribution in [0.5, 0.6) is 0 Å². The van der Waals surface area contributed by atoms with Gasteiger partial charge in [0.05, 0.1) is 0 Å². The summed E-state index contributed by atoms with van der Waals surface area (Å²) in [6, 6.07) is 3.95. The highest BCUT2D eigenvalue weighted by Crippen LogP contribution is 2.13. The molecular weight excluding hydrogens is 263 g/mol. The van der Waals surface area contributed by atoms with E-state index in [0.717, 1.165) is 12.8 Å². The van der Waals surface area contributed by atoms with Gasteiger partial charge in [0.25, 0.3) is 0 Å². The lowest BCUT2D eigenvalue weighted by Crippen LogP contribution is -2.46. The molecule has 0 saturated heterocycles. The first-order valence-corrected chi connectivity index (χ1v) is 6.48. The van der Waals surface area contributed by atoms with E-state index in [9.17, 15) is 14.0 Å². The number of benzene rings is 1. The third-order valence-corrected chi connectivity index (χ3v) is 2.96. The number of urea groups is 1. The molecule has 0 saturated carbocycles. The van der Waals surface area contributed by atoms with Crippen LogP contribution in [-0.4, -0.2) is 30.2 Å². The van der Waals surface area contributed by atoms with Crippen molar-refractivity contribution in [3.05, 3.63) is 30.1 Å². The topological polar surface area (TPSA) is 69.6 Å². The Morgan fingerprint density at radius 3 is 2.45 bits per heavy atom. The summed E-state index contributed by atoms with van der Waals surface area (Å²) in [5.41, 5.74) is 0.489. The molecule has 110 valence electrons. The zero-order chi connectivity index (χ0) is 15.1. The number of anilines is 1. The highest BCUT2D eigenvalue weighted by molar-refractivity contribution is 5.93. The predicted octanol–water partition coefficient (Wildman–Crippen LogP) is 2.61. The molecule has 6 heteroatoms. The maximum atomic E-state index is 12.8. The quantitative estimate of drug-likeness (QED) is 0.842. The number of rotatable bonds is 6. The molecule has 0 bridgehead atoms. The fraction of sp³-hybridized carbons (Fsp3) is 0.429. The fourth-order valence-electron chi connectivity index (χ4n) is 1.69. The van der Waals surface area contributed by atoms with Gasteiger partial charge in [-0.25, -0.2) is 14.0 Å². The van der Waals surface area contributed by atoms with E-state index in [-0.39, 0.29) is 0 Å². The van der Waals surface area contributed by atoms with Crippen molar-refractivity contribution in [2.75, 3.05) is 11.9 Å². The van der Waals surface area contributed by atoms with Crippen molar-refractivity contribution >= 4 is 17.7 Å². The summed E-state index contributed by atoms with van der Waals surface area (Å²) in [7, 11) is 1.50. The van der Waals surface area contributed by atoms with Gasteiger partial charge in [0, 0.05) is 12.7 Å². The number of nitrogens with one attached hydrogen (secondary N) is 1. The summed E-state index contributed by atoms with van der Waals surface area (Å²) in [4.78, 5) is 24.3. The second-order valence-electron chi connectivity index (χ2n) is 4.52. The molecule has 0 fully saturated rings. The summed E-state index contributed by atoms with van der Waals surface area (Å²) < 4.78 is 12.8. The molecule has 0 aliphatic rings. The standard InChI is InChI=1S/C14H19FN2O3/c1-3-4-5-12(13(18)19)16-14(20)17(2)11-8-6-10(15)7-9-11/h6-9,12H,3-5H2,1-2H3,(H,16,20)(H,18,19). The Bertz CT molecular complexity index is 462. The molecule has 2 N–H and O–H groups in total. The van der Waals surface area contributed by atoms with Gasteiger partial charge >= 0.3 is 12.0 Å². The minimum Gasteiger partial charge on any atom is -0.480 e. The van der Waals surface area contributed by atoms with Crippen LogP contribution in [0.3, 0.4) is 0 Å². The Labute approximate surface area is 117 Å². The average Bonchev–Trinajstić information content (AvgIpc) is 2.42. The first-order chi connectivity index (χ1) is 9.45. The second-order valence-corrected chi connectivity index (χ2v) is 4.52. The monoisotopic (exact) mass is 282 g/mol. The Morgan fingerprint density at radius 2 is 1.95 bits per heavy atom. The van der Waals surface area contributed by atoms with Crippen molar-refractivity contribution in [1.82, 2.24) is 5.32 Å². The Balaban J connectivity index is 2.68. The number of carboxylic acid groups (broad SMARTS) is 1. The van der Waals surface area contributed by atoms with Gasteiger partial charge in [-0.2, -0.15) is 0 Å². The van der Waals surface area contributed by atoms with E-state index in [1.54, 1.807) is 0 Å². The molecule has 0 aromatic heterocycles. The second kappa shape index (κ2) is 7.47. The molecule has 0 aliphatic heterocycles. The van der Waals surface area contributed by atoms with Gasteiger partial charge in [0.1, 0.15) is 11.9 Å². The van der Waals surface area contributed by atoms with E-state index < -0.39 is 23.9 Å². The Kier molecular flexibility index (Phi) is 5.96. The predicted molar refractivity (Wildman–Crippen MR) is 74.3 cm³/mol. The van der Waals surface area contributed by atoms with E-state index in [4.69, 9.17) is 5.11 Å². The number of hydrogen-bond donors (Lipinski definition) is 2. The van der Waals surface area contributed by atoms with Crippen LogP contribution in [0.1, 0.15) is 26.2 Å². The van der Waals surface area contributed by atoms with Crippen molar-refractivity contribution in [1.29, 1.82) is 0 Å². The highest BCUT2D eigenvalue weighted by Gasteiger charge is 2.21. The van der Waals surface area contributed by atoms with Crippen molar-refractivity contribution in [3.63, 3.8) is 0 Å². The van der Waals surface area contributed by atoms with Crippen LogP contribution in [0.4, 0.5) is 14.9 Å². The molecule has 0 heterocycles. The Morgan fingerprint density at radius 1 is 1.35 bits per heavy atom. The van der Waals surface area contributed by atoms with Crippen LogP contribution >= 0.6 is 0 Å². The molecule has 0 aliphatic carbocycles. The van der Waals surface area contributed by atoms with Crippen LogP contribution in [-0.2, 0) is 4.79 Å². The largest absolute Gasteiger partial charge is 0.480 e. The van der Waals surface area contributed by atoms with Gasteiger partial charge in [0.15, 0.2) is 0 Å². The maximum absolute atomic E-state index is 12.8. The number of carboxylic acids is 1. The number of halogens is 1. The summed E-state index contributed by atoms with van der Waals surface area (Å²) in [5, 5.41) is 11.5. The number of hydrogen-bond acceptors (Lipinski definition) is 2. The van der Waals surface area contributed by atoms with E-state index in [0.29, 0.717) is 12.1 Å². The van der Waals surface area contributed by atoms with Crippen LogP contribution in [0.2, 0.25) is 0 Å². The lowest BCUT2D eigenvalue weighted by atomic mass is 10.1. The molecule has 5 nitrogen and oxygen atoms in total. The molecule has 1 aromatic carbocycles. The fourth-order valence-corrected chi connectivity index (χ4v) is 1.69. The highest BCUT2D eigenvalue weighted by atomic mass is 19.1. The third-order valence-electron chi connectivity index (χ3n) is 2.96. The van der Waals surface area contributed by atoms with Crippen LogP contribution < -0.4 is 10.2 Å². The first-order valence-electron chi connectivity index (χ1n) is 6.48.